The summed E-state index contributed by atoms with van der Waals surface area (Å²) < 4.78 is 10.6. The van der Waals surface area contributed by atoms with Crippen molar-refractivity contribution in [2.45, 2.75) is 45.4 Å². The number of nitrogens with zero attached hydrogens (tertiary/aromatic N) is 3. The van der Waals surface area contributed by atoms with Crippen LogP contribution in [0.4, 0.5) is 0 Å². The Labute approximate surface area is 162 Å². The number of ether oxygens (including phenoxy) is 1. The van der Waals surface area contributed by atoms with Crippen LogP contribution in [0, 0.1) is 6.92 Å². The van der Waals surface area contributed by atoms with E-state index in [4.69, 9.17) is 14.4 Å². The van der Waals surface area contributed by atoms with Crippen LogP contribution in [0.25, 0.3) is 0 Å². The van der Waals surface area contributed by atoms with E-state index in [-0.39, 0.29) is 31.1 Å². The number of aryl methyl sites for hydroxylation is 1. The van der Waals surface area contributed by atoms with Gasteiger partial charge < -0.3 is 19.7 Å². The summed E-state index contributed by atoms with van der Waals surface area (Å²) in [5.41, 5.74) is 0.434. The van der Waals surface area contributed by atoms with Crippen LogP contribution >= 0.6 is 0 Å². The highest BCUT2D eigenvalue weighted by Gasteiger charge is 2.35. The van der Waals surface area contributed by atoms with E-state index >= 15 is 0 Å². The number of hydrogen-bond acceptors (Lipinski definition) is 7. The maximum Gasteiger partial charge on any atom is 0.317 e. The molecule has 2 aromatic rings. The van der Waals surface area contributed by atoms with Crippen LogP contribution in [0.5, 0.6) is 5.75 Å². The zero-order valence-corrected chi connectivity index (χ0v) is 15.9. The van der Waals surface area contributed by atoms with E-state index in [1.54, 1.807) is 31.2 Å². The maximum absolute atomic E-state index is 12.7. The quantitative estimate of drug-likeness (QED) is 0.665. The van der Waals surface area contributed by atoms with Crippen molar-refractivity contribution in [1.29, 1.82) is 0 Å². The number of aliphatic carboxylic acids is 1. The Hall–Kier alpha value is -2.94. The molecule has 0 atom stereocenters. The number of aromatic nitrogens is 2. The van der Waals surface area contributed by atoms with Crippen molar-refractivity contribution in [2.75, 3.05) is 13.1 Å². The molecule has 1 saturated carbocycles. The van der Waals surface area contributed by atoms with Crippen LogP contribution in [0.15, 0.2) is 28.8 Å². The Bertz CT molecular complexity index is 831. The second kappa shape index (κ2) is 8.83. The number of carboxylic acid groups (broad SMARTS) is 1. The largest absolute Gasteiger partial charge is 0.485 e. The molecule has 0 spiro atoms. The second-order valence-corrected chi connectivity index (χ2v) is 6.77. The van der Waals surface area contributed by atoms with E-state index in [1.807, 2.05) is 11.8 Å². The number of rotatable bonds is 9. The third-order valence-corrected chi connectivity index (χ3v) is 4.77. The fourth-order valence-electron chi connectivity index (χ4n) is 3.26. The minimum atomic E-state index is -0.836. The molecule has 0 unspecified atom stereocenters. The molecule has 28 heavy (non-hydrogen) atoms. The highest BCUT2D eigenvalue weighted by atomic mass is 16.5. The summed E-state index contributed by atoms with van der Waals surface area (Å²) in [6.07, 6.45) is 1.47. The summed E-state index contributed by atoms with van der Waals surface area (Å²) in [6.45, 7) is 4.43. The summed E-state index contributed by atoms with van der Waals surface area (Å²) in [5.74, 6) is 0.252. The molecule has 1 fully saturated rings. The van der Waals surface area contributed by atoms with Crippen molar-refractivity contribution in [3.05, 3.63) is 41.5 Å². The van der Waals surface area contributed by atoms with Crippen molar-refractivity contribution < 1.29 is 24.0 Å². The van der Waals surface area contributed by atoms with Gasteiger partial charge in [0.2, 0.25) is 11.7 Å². The number of amides is 1. The predicted molar refractivity (Wildman–Crippen MR) is 99.0 cm³/mol. The lowest BCUT2D eigenvalue weighted by Crippen LogP contribution is -2.54. The van der Waals surface area contributed by atoms with E-state index in [9.17, 15) is 9.59 Å². The van der Waals surface area contributed by atoms with Crippen LogP contribution < -0.4 is 10.1 Å². The number of nitrogens with one attached hydrogen (secondary N) is 1. The van der Waals surface area contributed by atoms with Gasteiger partial charge in [0.15, 0.2) is 6.61 Å². The lowest BCUT2D eigenvalue weighted by atomic mass is 9.85. The Kier molecular flexibility index (Phi) is 6.25. The van der Waals surface area contributed by atoms with Gasteiger partial charge >= 0.3 is 5.97 Å². The predicted octanol–water partition coefficient (Wildman–Crippen LogP) is 1.62. The highest BCUT2D eigenvalue weighted by Crippen LogP contribution is 2.27. The van der Waals surface area contributed by atoms with Gasteiger partial charge in [0, 0.05) is 19.0 Å². The van der Waals surface area contributed by atoms with Crippen molar-refractivity contribution in [2.24, 2.45) is 0 Å². The number of carbonyl (C=O) groups is 2. The topological polar surface area (TPSA) is 118 Å². The lowest BCUT2D eigenvalue weighted by Gasteiger charge is -2.42. The van der Waals surface area contributed by atoms with Crippen molar-refractivity contribution in [3.8, 4) is 5.75 Å². The molecule has 1 aromatic carbocycles. The van der Waals surface area contributed by atoms with Gasteiger partial charge in [-0.1, -0.05) is 24.2 Å². The molecule has 2 N–H and O–H groups in total. The molecule has 150 valence electrons. The second-order valence-electron chi connectivity index (χ2n) is 6.77. The summed E-state index contributed by atoms with van der Waals surface area (Å²) >= 11 is 0. The Morgan fingerprint density at radius 1 is 1.36 bits per heavy atom. The standard InChI is InChI=1S/C19H24N4O5/c1-3-23(10-18(24)25)14-8-13(9-14)21-19(26)15-6-4-5-7-16(15)27-11-17-20-12(2)28-22-17/h4-7,13-14H,3,8-11H2,1-2H3,(H,21,26)(H,24,25). The molecule has 0 saturated heterocycles. The van der Waals surface area contributed by atoms with Gasteiger partial charge in [0.25, 0.3) is 5.91 Å². The van der Waals surface area contributed by atoms with E-state index in [1.165, 1.54) is 0 Å². The van der Waals surface area contributed by atoms with E-state index in [0.717, 1.165) is 12.8 Å². The van der Waals surface area contributed by atoms with Gasteiger partial charge in [0.05, 0.1) is 12.1 Å². The number of para-hydroxylation sites is 1. The highest BCUT2D eigenvalue weighted by molar-refractivity contribution is 5.97. The first-order valence-corrected chi connectivity index (χ1v) is 9.24. The van der Waals surface area contributed by atoms with Crippen LogP contribution in [0.3, 0.4) is 0 Å². The molecule has 0 radical (unpaired) electrons. The molecule has 0 bridgehead atoms. The smallest absolute Gasteiger partial charge is 0.317 e. The van der Waals surface area contributed by atoms with E-state index in [0.29, 0.717) is 29.6 Å². The van der Waals surface area contributed by atoms with E-state index in [2.05, 4.69) is 15.5 Å². The molecule has 1 aliphatic rings. The molecule has 9 heteroatoms. The SMILES string of the molecule is CCN(CC(=O)O)C1CC(NC(=O)c2ccccc2OCc2noc(C)n2)C1. The Balaban J connectivity index is 1.54. The first-order chi connectivity index (χ1) is 13.5. The van der Waals surface area contributed by atoms with Crippen LogP contribution in [0.1, 0.15) is 41.8 Å². The average molecular weight is 388 g/mol. The van der Waals surface area contributed by atoms with Gasteiger partial charge in [0.1, 0.15) is 5.75 Å². The first kappa shape index (κ1) is 19.8. The summed E-state index contributed by atoms with van der Waals surface area (Å²) in [5, 5.41) is 15.7. The van der Waals surface area contributed by atoms with Gasteiger partial charge in [-0.05, 0) is 31.5 Å². The number of carbonyl (C=O) groups excluding carboxylic acids is 1. The number of hydrogen-bond donors (Lipinski definition) is 2. The monoisotopic (exact) mass is 388 g/mol. The van der Waals surface area contributed by atoms with Crippen molar-refractivity contribution >= 4 is 11.9 Å². The average Bonchev–Trinajstić information content (AvgIpc) is 3.06. The summed E-state index contributed by atoms with van der Waals surface area (Å²) in [6, 6.07) is 7.18. The lowest BCUT2D eigenvalue weighted by molar-refractivity contribution is -0.139. The number of likely N-dealkylation sites (N-methyl/N-ethyl adjacent to an activating group) is 1. The minimum Gasteiger partial charge on any atom is -0.485 e. The molecule has 1 aromatic heterocycles. The molecule has 9 nitrogen and oxygen atoms in total. The van der Waals surface area contributed by atoms with Crippen LogP contribution in [0.2, 0.25) is 0 Å². The van der Waals surface area contributed by atoms with Crippen molar-refractivity contribution in [1.82, 2.24) is 20.4 Å². The van der Waals surface area contributed by atoms with E-state index < -0.39 is 5.97 Å². The van der Waals surface area contributed by atoms with Crippen LogP contribution in [-0.4, -0.2) is 57.2 Å². The molecule has 0 aliphatic heterocycles. The molecule has 1 aliphatic carbocycles. The molecular weight excluding hydrogens is 364 g/mol. The first-order valence-electron chi connectivity index (χ1n) is 9.24. The molecule has 1 amide bonds. The van der Waals surface area contributed by atoms with Gasteiger partial charge in [-0.15, -0.1) is 0 Å². The fourth-order valence-corrected chi connectivity index (χ4v) is 3.26. The van der Waals surface area contributed by atoms with Gasteiger partial charge in [-0.3, -0.25) is 14.5 Å². The third-order valence-electron chi connectivity index (χ3n) is 4.77. The zero-order valence-electron chi connectivity index (χ0n) is 15.9. The van der Waals surface area contributed by atoms with Crippen molar-refractivity contribution in [3.63, 3.8) is 0 Å². The number of benzene rings is 1. The van der Waals surface area contributed by atoms with Gasteiger partial charge in [-0.25, -0.2) is 0 Å². The zero-order chi connectivity index (χ0) is 20.1. The summed E-state index contributed by atoms with van der Waals surface area (Å²) in [4.78, 5) is 29.6. The Morgan fingerprint density at radius 3 is 2.75 bits per heavy atom. The Morgan fingerprint density at radius 2 is 2.11 bits per heavy atom. The van der Waals surface area contributed by atoms with Gasteiger partial charge in [-0.2, -0.15) is 4.98 Å². The third kappa shape index (κ3) is 4.86. The minimum absolute atomic E-state index is 0.0215. The van der Waals surface area contributed by atoms with Crippen LogP contribution in [-0.2, 0) is 11.4 Å². The number of carboxylic acids is 1. The molecular formula is C19H24N4O5. The molecule has 3 rings (SSSR count). The molecule has 1 heterocycles. The maximum atomic E-state index is 12.7. The normalized spacial score (nSPS) is 18.5. The summed E-state index contributed by atoms with van der Waals surface area (Å²) in [7, 11) is 0. The fraction of sp³-hybridized carbons (Fsp3) is 0.474.